The molecule has 15 unspecified atom stereocenters. The Morgan fingerprint density at radius 2 is 1.57 bits per heavy atom. The Morgan fingerprint density at radius 3 is 2.19 bits per heavy atom. The highest BCUT2D eigenvalue weighted by atomic mass is 16.6. The number of methoxy groups -OCH3 is 3. The molecule has 3 heterocycles. The van der Waals surface area contributed by atoms with Crippen molar-refractivity contribution in [3.05, 3.63) is 47.6 Å². The summed E-state index contributed by atoms with van der Waals surface area (Å²) in [6, 6.07) is -1.21. The Bertz CT molecular complexity index is 1990. The lowest BCUT2D eigenvalue weighted by molar-refractivity contribution is -0.265. The molecule has 0 radical (unpaired) electrons. The average Bonchev–Trinajstić information content (AvgIpc) is 3.38. The minimum Gasteiger partial charge on any atom is -0.460 e. The third-order valence-corrected chi connectivity index (χ3v) is 15.7. The number of carbonyl (C=O) groups excluding carboxylic acids is 6. The van der Waals surface area contributed by atoms with Crippen molar-refractivity contribution >= 4 is 35.2 Å². The van der Waals surface area contributed by atoms with Gasteiger partial charge < -0.3 is 53.7 Å². The predicted octanol–water partition coefficient (Wildman–Crippen LogP) is 6.36. The fraction of sp³-hybridized carbons (Fsp3) is 0.754. The summed E-state index contributed by atoms with van der Waals surface area (Å²) in [6.07, 6.45) is 9.01. The second-order valence-electron chi connectivity index (χ2n) is 22.0. The van der Waals surface area contributed by atoms with E-state index in [1.807, 2.05) is 58.1 Å². The van der Waals surface area contributed by atoms with Crippen molar-refractivity contribution in [3.8, 4) is 0 Å². The minimum atomic E-state index is -2.47. The Morgan fingerprint density at radius 1 is 0.892 bits per heavy atom. The van der Waals surface area contributed by atoms with Crippen LogP contribution in [-0.4, -0.2) is 156 Å². The number of esters is 2. The van der Waals surface area contributed by atoms with E-state index in [0.29, 0.717) is 56.9 Å². The number of cyclic esters (lactones) is 1. The van der Waals surface area contributed by atoms with Crippen molar-refractivity contribution in [2.24, 2.45) is 40.9 Å². The normalized spacial score (nSPS) is 34.2. The predicted molar refractivity (Wildman–Crippen MR) is 278 cm³/mol. The van der Waals surface area contributed by atoms with Crippen molar-refractivity contribution in [1.82, 2.24) is 4.90 Å². The van der Waals surface area contributed by atoms with E-state index in [-0.39, 0.29) is 49.2 Å². The molecule has 2 fully saturated rings. The lowest BCUT2D eigenvalue weighted by atomic mass is 9.85. The maximum atomic E-state index is 14.5. The third-order valence-electron chi connectivity index (χ3n) is 15.7. The largest absolute Gasteiger partial charge is 0.460 e. The first-order valence-electron chi connectivity index (χ1n) is 26.7. The smallest absolute Gasteiger partial charge is 0.329 e. The van der Waals surface area contributed by atoms with Crippen LogP contribution in [0.5, 0.6) is 0 Å². The lowest BCUT2D eigenvalue weighted by Crippen LogP contribution is -2.61. The molecule has 3 aliphatic rings. The van der Waals surface area contributed by atoms with Gasteiger partial charge in [-0.05, 0) is 114 Å². The number of aliphatic hydroxyl groups is 4. The summed E-state index contributed by atoms with van der Waals surface area (Å²) in [4.78, 5) is 85.4. The number of aliphatic hydroxyl groups excluding tert-OH is 3. The summed E-state index contributed by atoms with van der Waals surface area (Å²) in [7, 11) is 4.40. The van der Waals surface area contributed by atoms with Crippen LogP contribution in [0.3, 0.4) is 0 Å². The molecule has 0 spiro atoms. The standard InChI is InChI=1S/C57H91NO16/c1-34-19-15-14-16-20-36(3)47(70-12)30-43-24-23-41(8)57(68,74-43)52(64)53(65)58-26-18-17-21-44(58)54(66)72-48(31-45(61)37(4)29-40(7)50(63)51(71-13)49(62)39(6)28-34)38(5)27-35(2)22-25-46(42(9)69-11)73-55(67)56(10,32-59)33-60/h14-16,19-20,29,34-35,37-39,41-44,46-48,50-51,59-60,63,68H,17-18,21-28,30-33H2,1-13H3/b16-14+,19-15+,36-20+,40-29+. The SMILES string of the molecule is COC1CC2CCC(C)C(O)(O2)C(=O)C(=O)N2CCCCC2C(=O)OC(C(C)CC(C)CCC(OC(=O)C(C)(CO)CO)C(C)OC)CC(=O)C(C)/C=C(\C)C(O)C(OC)C(=O)C(C)CC(C)/C=C/C=C/C=C/1C. The monoisotopic (exact) mass is 1050 g/mol. The van der Waals surface area contributed by atoms with Crippen LogP contribution in [0.25, 0.3) is 0 Å². The number of ketones is 3. The number of piperidine rings is 1. The van der Waals surface area contributed by atoms with Crippen LogP contribution >= 0.6 is 0 Å². The molecule has 15 atom stereocenters. The highest BCUT2D eigenvalue weighted by Gasteiger charge is 2.53. The average molecular weight is 1050 g/mol. The molecule has 3 rings (SSSR count). The molecule has 1 amide bonds. The van der Waals surface area contributed by atoms with E-state index in [0.717, 1.165) is 10.5 Å². The molecule has 3 aliphatic heterocycles. The highest BCUT2D eigenvalue weighted by molar-refractivity contribution is 6.39. The third kappa shape index (κ3) is 17.5. The molecule has 4 N–H and O–H groups in total. The van der Waals surface area contributed by atoms with E-state index in [9.17, 15) is 49.2 Å². The molecular formula is C57H91NO16. The quantitative estimate of drug-likeness (QED) is 0.0841. The van der Waals surface area contributed by atoms with Crippen molar-refractivity contribution in [2.45, 2.75) is 194 Å². The Balaban J connectivity index is 2.05. The summed E-state index contributed by atoms with van der Waals surface area (Å²) in [6.45, 7) is 16.4. The zero-order chi connectivity index (χ0) is 55.7. The summed E-state index contributed by atoms with van der Waals surface area (Å²) in [5.41, 5.74) is -0.308. The summed E-state index contributed by atoms with van der Waals surface area (Å²) >= 11 is 0. The van der Waals surface area contributed by atoms with Gasteiger partial charge in [0.2, 0.25) is 5.79 Å². The van der Waals surface area contributed by atoms with Crippen LogP contribution in [0.1, 0.15) is 140 Å². The number of Topliss-reactive ketones (excluding diaryl/α,β-unsaturated/α-hetero) is 3. The number of rotatable bonds is 14. The molecule has 74 heavy (non-hydrogen) atoms. The van der Waals surface area contributed by atoms with Crippen LogP contribution in [0.2, 0.25) is 0 Å². The number of allylic oxidation sites excluding steroid dienone is 6. The van der Waals surface area contributed by atoms with Gasteiger partial charge in [-0.15, -0.1) is 0 Å². The Labute approximate surface area is 440 Å². The van der Waals surface area contributed by atoms with Gasteiger partial charge in [0.25, 0.3) is 11.7 Å². The molecule has 17 heteroatoms. The molecule has 0 aromatic carbocycles. The number of hydrogen-bond donors (Lipinski definition) is 4. The number of ether oxygens (including phenoxy) is 6. The van der Waals surface area contributed by atoms with Crippen molar-refractivity contribution in [2.75, 3.05) is 41.1 Å². The number of hydrogen-bond acceptors (Lipinski definition) is 16. The molecule has 0 aromatic heterocycles. The number of nitrogens with zero attached hydrogens (tertiary/aromatic N) is 1. The molecule has 2 bridgehead atoms. The fourth-order valence-electron chi connectivity index (χ4n) is 10.1. The second-order valence-corrected chi connectivity index (χ2v) is 22.0. The van der Waals surface area contributed by atoms with Gasteiger partial charge in [-0.2, -0.15) is 0 Å². The fourth-order valence-corrected chi connectivity index (χ4v) is 10.1. The highest BCUT2D eigenvalue weighted by Crippen LogP contribution is 2.37. The molecule has 0 aromatic rings. The molecular weight excluding hydrogens is 955 g/mol. The van der Waals surface area contributed by atoms with Gasteiger partial charge >= 0.3 is 11.9 Å². The minimum absolute atomic E-state index is 0.00898. The molecule has 420 valence electrons. The van der Waals surface area contributed by atoms with Gasteiger partial charge in [0.1, 0.15) is 41.7 Å². The van der Waals surface area contributed by atoms with Crippen LogP contribution in [0, 0.1) is 40.9 Å². The summed E-state index contributed by atoms with van der Waals surface area (Å²) in [5, 5.41) is 43.1. The molecule has 2 saturated heterocycles. The molecule has 0 aliphatic carbocycles. The van der Waals surface area contributed by atoms with Crippen molar-refractivity contribution < 1.29 is 77.6 Å². The van der Waals surface area contributed by atoms with Crippen LogP contribution in [-0.2, 0) is 57.2 Å². The zero-order valence-corrected chi connectivity index (χ0v) is 46.6. The summed E-state index contributed by atoms with van der Waals surface area (Å²) < 4.78 is 35.2. The van der Waals surface area contributed by atoms with Crippen molar-refractivity contribution in [1.29, 1.82) is 0 Å². The van der Waals surface area contributed by atoms with Gasteiger partial charge in [-0.25, -0.2) is 4.79 Å². The van der Waals surface area contributed by atoms with Crippen LogP contribution < -0.4 is 0 Å². The Hall–Kier alpha value is -3.94. The molecule has 17 nitrogen and oxygen atoms in total. The maximum Gasteiger partial charge on any atom is 0.329 e. The first kappa shape index (κ1) is 64.3. The number of carbonyl (C=O) groups is 6. The van der Waals surface area contributed by atoms with Crippen LogP contribution in [0.4, 0.5) is 0 Å². The molecule has 0 saturated carbocycles. The van der Waals surface area contributed by atoms with E-state index in [1.165, 1.54) is 21.1 Å². The lowest BCUT2D eigenvalue weighted by Gasteiger charge is -2.42. The van der Waals surface area contributed by atoms with E-state index in [1.54, 1.807) is 47.8 Å². The van der Waals surface area contributed by atoms with E-state index >= 15 is 0 Å². The van der Waals surface area contributed by atoms with Gasteiger partial charge in [0.05, 0.1) is 31.5 Å². The number of amides is 1. The zero-order valence-electron chi connectivity index (χ0n) is 46.6. The first-order chi connectivity index (χ1) is 34.8. The van der Waals surface area contributed by atoms with Gasteiger partial charge in [0.15, 0.2) is 5.78 Å². The topological polar surface area (TPSA) is 242 Å². The maximum absolute atomic E-state index is 14.5. The first-order valence-corrected chi connectivity index (χ1v) is 26.7. The van der Waals surface area contributed by atoms with Gasteiger partial charge in [-0.1, -0.05) is 78.0 Å². The van der Waals surface area contributed by atoms with Gasteiger partial charge in [-0.3, -0.25) is 24.0 Å². The van der Waals surface area contributed by atoms with E-state index in [2.05, 4.69) is 0 Å². The second kappa shape index (κ2) is 30.1. The Kier molecular flexibility index (Phi) is 26.2. The van der Waals surface area contributed by atoms with E-state index in [4.69, 9.17) is 28.4 Å². The van der Waals surface area contributed by atoms with Gasteiger partial charge in [0, 0.05) is 58.5 Å². The summed E-state index contributed by atoms with van der Waals surface area (Å²) in [5.74, 6) is -9.49. The van der Waals surface area contributed by atoms with Crippen LogP contribution in [0.15, 0.2) is 47.6 Å². The van der Waals surface area contributed by atoms with Crippen molar-refractivity contribution in [3.63, 3.8) is 0 Å². The van der Waals surface area contributed by atoms with E-state index < -0.39 is 120 Å². The number of fused-ring (bicyclic) bond motifs is 3.